The summed E-state index contributed by atoms with van der Waals surface area (Å²) in [6.45, 7) is 0. The zero-order valence-corrected chi connectivity index (χ0v) is 9.81. The van der Waals surface area contributed by atoms with E-state index in [2.05, 4.69) is 0 Å². The Morgan fingerprint density at radius 1 is 1.27 bits per heavy atom. The fraction of sp³-hybridized carbons (Fsp3) is 0.400. The van der Waals surface area contributed by atoms with Gasteiger partial charge in [0.1, 0.15) is 0 Å². The molecule has 0 bridgehead atoms. The molecule has 1 aromatic rings. The van der Waals surface area contributed by atoms with Gasteiger partial charge in [0.25, 0.3) is 0 Å². The van der Waals surface area contributed by atoms with Gasteiger partial charge in [-0.25, -0.2) is 0 Å². The fourth-order valence-electron chi connectivity index (χ4n) is 1.27. The Labute approximate surface area is 89.9 Å². The quantitative estimate of drug-likeness (QED) is 0.786. The van der Waals surface area contributed by atoms with E-state index in [0.29, 0.717) is 0 Å². The molecule has 0 radical (unpaired) electrons. The summed E-state index contributed by atoms with van der Waals surface area (Å²) in [7, 11) is -0.302. The van der Waals surface area contributed by atoms with Gasteiger partial charge in [-0.15, -0.1) is 0 Å². The van der Waals surface area contributed by atoms with Crippen molar-refractivity contribution in [3.8, 4) is 0 Å². The maximum atomic E-state index is 11.8. The largest absolute Gasteiger partial charge is 0.332 e. The molecule has 84 valence electrons. The molecule has 0 aliphatic rings. The van der Waals surface area contributed by atoms with Crippen LogP contribution in [0.4, 0.5) is 0 Å². The highest BCUT2D eigenvalue weighted by molar-refractivity contribution is 7.53. The molecule has 15 heavy (non-hydrogen) atoms. The molecular formula is C10H16NO3P. The highest BCUT2D eigenvalue weighted by Crippen LogP contribution is 2.48. The normalized spacial score (nSPS) is 13.8. The lowest BCUT2D eigenvalue weighted by Crippen LogP contribution is -2.16. The number of rotatable bonds is 5. The first-order valence-corrected chi connectivity index (χ1v) is 6.35. The molecule has 1 aromatic carbocycles. The van der Waals surface area contributed by atoms with Crippen LogP contribution in [0.15, 0.2) is 30.3 Å². The molecule has 2 N–H and O–H groups in total. The van der Waals surface area contributed by atoms with Gasteiger partial charge in [-0.05, 0) is 5.56 Å². The summed E-state index contributed by atoms with van der Waals surface area (Å²) in [4.78, 5) is 0. The Bertz CT molecular complexity index is 334. The van der Waals surface area contributed by atoms with Gasteiger partial charge in [0.2, 0.25) is 0 Å². The van der Waals surface area contributed by atoms with Crippen molar-refractivity contribution < 1.29 is 13.6 Å². The summed E-state index contributed by atoms with van der Waals surface area (Å²) >= 11 is 0. The highest BCUT2D eigenvalue weighted by Gasteiger charge is 2.25. The van der Waals surface area contributed by atoms with Crippen LogP contribution in [0.1, 0.15) is 11.6 Å². The van der Waals surface area contributed by atoms with Crippen molar-refractivity contribution in [1.29, 1.82) is 0 Å². The van der Waals surface area contributed by atoms with Crippen molar-refractivity contribution in [2.24, 2.45) is 5.73 Å². The van der Waals surface area contributed by atoms with Crippen LogP contribution in [0.25, 0.3) is 0 Å². The van der Waals surface area contributed by atoms with Crippen molar-refractivity contribution in [1.82, 2.24) is 0 Å². The molecule has 0 aromatic heterocycles. The first-order valence-electron chi connectivity index (χ1n) is 4.62. The van der Waals surface area contributed by atoms with Crippen molar-refractivity contribution in [2.75, 3.05) is 20.4 Å². The lowest BCUT2D eigenvalue weighted by molar-refractivity contribution is 0.273. The van der Waals surface area contributed by atoms with Crippen LogP contribution in [0.5, 0.6) is 0 Å². The molecule has 0 saturated carbocycles. The topological polar surface area (TPSA) is 61.5 Å². The summed E-state index contributed by atoms with van der Waals surface area (Å²) in [5.74, 6) is 0. The van der Waals surface area contributed by atoms with E-state index in [1.807, 2.05) is 30.3 Å². The maximum Gasteiger partial charge on any atom is 0.332 e. The third-order valence-corrected chi connectivity index (χ3v) is 4.16. The van der Waals surface area contributed by atoms with E-state index in [1.165, 1.54) is 14.2 Å². The van der Waals surface area contributed by atoms with Crippen molar-refractivity contribution in [3.63, 3.8) is 0 Å². The number of benzene rings is 1. The second kappa shape index (κ2) is 5.42. The van der Waals surface area contributed by atoms with Gasteiger partial charge in [-0.3, -0.25) is 4.57 Å². The average Bonchev–Trinajstić information content (AvgIpc) is 2.30. The second-order valence-corrected chi connectivity index (χ2v) is 5.49. The van der Waals surface area contributed by atoms with Crippen LogP contribution in [0.2, 0.25) is 0 Å². The monoisotopic (exact) mass is 229 g/mol. The Morgan fingerprint density at radius 2 is 1.80 bits per heavy atom. The third-order valence-electron chi connectivity index (χ3n) is 2.20. The molecule has 0 unspecified atom stereocenters. The van der Waals surface area contributed by atoms with E-state index in [1.54, 1.807) is 0 Å². The van der Waals surface area contributed by atoms with Crippen molar-refractivity contribution in [3.05, 3.63) is 35.9 Å². The standard InChI is InChI=1S/C10H16NO3P/c1-13-15(12,14-2)8-10(11)9-6-4-3-5-7-9/h3-7,10H,8,11H2,1-2H3/t10-/m1/s1. The zero-order chi connectivity index (χ0) is 11.3. The molecule has 0 amide bonds. The van der Waals surface area contributed by atoms with Crippen LogP contribution in [0.3, 0.4) is 0 Å². The number of nitrogens with two attached hydrogens (primary N) is 1. The van der Waals surface area contributed by atoms with Crippen LogP contribution in [0, 0.1) is 0 Å². The minimum atomic E-state index is -3.03. The molecule has 0 fully saturated rings. The maximum absolute atomic E-state index is 11.8. The minimum Gasteiger partial charge on any atom is -0.323 e. The van der Waals surface area contributed by atoms with Gasteiger partial charge < -0.3 is 14.8 Å². The average molecular weight is 229 g/mol. The first kappa shape index (κ1) is 12.4. The third kappa shape index (κ3) is 3.43. The van der Waals surface area contributed by atoms with E-state index < -0.39 is 7.60 Å². The van der Waals surface area contributed by atoms with Gasteiger partial charge in [-0.1, -0.05) is 30.3 Å². The van der Waals surface area contributed by atoms with E-state index >= 15 is 0 Å². The van der Waals surface area contributed by atoms with E-state index in [9.17, 15) is 4.57 Å². The molecule has 1 rings (SSSR count). The molecule has 1 atom stereocenters. The summed E-state index contributed by atoms with van der Waals surface area (Å²) in [5, 5.41) is 0. The summed E-state index contributed by atoms with van der Waals surface area (Å²) in [6, 6.07) is 9.12. The molecular weight excluding hydrogens is 213 g/mol. The Hall–Kier alpha value is -0.670. The molecule has 5 heteroatoms. The first-order chi connectivity index (χ1) is 7.11. The summed E-state index contributed by atoms with van der Waals surface area (Å²) in [6.07, 6.45) is 0.185. The van der Waals surface area contributed by atoms with E-state index in [4.69, 9.17) is 14.8 Å². The van der Waals surface area contributed by atoms with Crippen molar-refractivity contribution in [2.45, 2.75) is 6.04 Å². The van der Waals surface area contributed by atoms with Crippen LogP contribution in [-0.2, 0) is 13.6 Å². The second-order valence-electron chi connectivity index (χ2n) is 3.18. The van der Waals surface area contributed by atoms with Crippen LogP contribution in [-0.4, -0.2) is 20.4 Å². The highest BCUT2D eigenvalue weighted by atomic mass is 31.2. The SMILES string of the molecule is COP(=O)(C[C@@H](N)c1ccccc1)OC. The molecule has 0 spiro atoms. The molecule has 0 heterocycles. The Kier molecular flexibility index (Phi) is 4.48. The van der Waals surface area contributed by atoms with Gasteiger partial charge in [0, 0.05) is 20.3 Å². The molecule has 0 saturated heterocycles. The predicted molar refractivity (Wildman–Crippen MR) is 59.9 cm³/mol. The minimum absolute atomic E-state index is 0.185. The van der Waals surface area contributed by atoms with Crippen molar-refractivity contribution >= 4 is 7.60 Å². The number of hydrogen-bond donors (Lipinski definition) is 1. The lowest BCUT2D eigenvalue weighted by atomic mass is 10.1. The number of hydrogen-bond acceptors (Lipinski definition) is 4. The van der Waals surface area contributed by atoms with E-state index in [-0.39, 0.29) is 12.2 Å². The summed E-state index contributed by atoms with van der Waals surface area (Å²) in [5.41, 5.74) is 6.82. The molecule has 0 aliphatic heterocycles. The zero-order valence-electron chi connectivity index (χ0n) is 8.92. The van der Waals surface area contributed by atoms with E-state index in [0.717, 1.165) is 5.56 Å². The Balaban J connectivity index is 2.71. The lowest BCUT2D eigenvalue weighted by Gasteiger charge is -2.18. The van der Waals surface area contributed by atoms with Crippen LogP contribution < -0.4 is 5.73 Å². The van der Waals surface area contributed by atoms with Gasteiger partial charge in [-0.2, -0.15) is 0 Å². The van der Waals surface area contributed by atoms with Gasteiger partial charge in [0.05, 0.1) is 6.16 Å². The van der Waals surface area contributed by atoms with Gasteiger partial charge >= 0.3 is 7.60 Å². The smallest absolute Gasteiger partial charge is 0.323 e. The Morgan fingerprint density at radius 3 is 2.27 bits per heavy atom. The molecule has 4 nitrogen and oxygen atoms in total. The molecule has 0 aliphatic carbocycles. The van der Waals surface area contributed by atoms with Crippen LogP contribution >= 0.6 is 7.60 Å². The predicted octanol–water partition coefficient (Wildman–Crippen LogP) is 2.17. The fourth-order valence-corrected chi connectivity index (χ4v) is 2.41. The summed E-state index contributed by atoms with van der Waals surface area (Å²) < 4.78 is 21.5. The van der Waals surface area contributed by atoms with Gasteiger partial charge in [0.15, 0.2) is 0 Å².